The molecule has 8 nitrogen and oxygen atoms in total. The maximum absolute atomic E-state index is 13.0. The number of nitrogens with zero attached hydrogens (tertiary/aromatic N) is 3. The normalized spacial score (nSPS) is 17.3. The molecule has 0 unspecified atom stereocenters. The number of ether oxygens (including phenoxy) is 1. The molecule has 0 spiro atoms. The number of nitrogens with one attached hydrogen (secondary N) is 2. The number of hydrogen-bond donors (Lipinski definition) is 2. The number of rotatable bonds is 3. The van der Waals surface area contributed by atoms with Gasteiger partial charge in [0.1, 0.15) is 11.4 Å². The van der Waals surface area contributed by atoms with Gasteiger partial charge in [0.2, 0.25) is 0 Å². The first-order valence-corrected chi connectivity index (χ1v) is 11.3. The van der Waals surface area contributed by atoms with Gasteiger partial charge in [0.05, 0.1) is 29.4 Å². The molecule has 1 saturated carbocycles. The molecule has 0 radical (unpaired) electrons. The highest BCUT2D eigenvalue weighted by molar-refractivity contribution is 7.10. The number of amides is 1. The summed E-state index contributed by atoms with van der Waals surface area (Å²) in [4.78, 5) is 36.1. The zero-order chi connectivity index (χ0) is 21.8. The van der Waals surface area contributed by atoms with E-state index in [4.69, 9.17) is 9.72 Å². The Kier molecular flexibility index (Phi) is 4.55. The van der Waals surface area contributed by atoms with Crippen LogP contribution in [0, 0.1) is 0 Å². The number of carbonyl (C=O) groups is 1. The average molecular weight is 440 g/mol. The standard InChI is InChI=1S/C22H25N5O3S/c1-21(2,3)30-20(29)27-7-4-16-15(11-27)18(28)26-19(25-16)22(5-6-22)17-8-13(12-31-17)14-9-23-24-10-14/h8-10,12H,4-7,11H2,1-3H3,(H,23,24)(H,25,26,28). The lowest BCUT2D eigenvalue weighted by Crippen LogP contribution is -2.42. The lowest BCUT2D eigenvalue weighted by Gasteiger charge is -2.30. The quantitative estimate of drug-likeness (QED) is 0.649. The third-order valence-corrected chi connectivity index (χ3v) is 6.96. The Morgan fingerprint density at radius 2 is 2.10 bits per heavy atom. The largest absolute Gasteiger partial charge is 0.444 e. The molecular weight excluding hydrogens is 414 g/mol. The molecule has 3 aromatic heterocycles. The van der Waals surface area contributed by atoms with Crippen molar-refractivity contribution < 1.29 is 9.53 Å². The lowest BCUT2D eigenvalue weighted by molar-refractivity contribution is 0.0221. The van der Waals surface area contributed by atoms with Gasteiger partial charge in [0.25, 0.3) is 5.56 Å². The highest BCUT2D eigenvalue weighted by Crippen LogP contribution is 2.54. The first kappa shape index (κ1) is 20.0. The van der Waals surface area contributed by atoms with E-state index in [1.54, 1.807) is 22.4 Å². The molecule has 0 saturated heterocycles. The summed E-state index contributed by atoms with van der Waals surface area (Å²) in [5.74, 6) is 0.738. The number of hydrogen-bond acceptors (Lipinski definition) is 6. The molecule has 5 rings (SSSR count). The fourth-order valence-electron chi connectivity index (χ4n) is 4.01. The summed E-state index contributed by atoms with van der Waals surface area (Å²) in [6.45, 7) is 6.22. The average Bonchev–Trinajstić information content (AvgIpc) is 3.12. The van der Waals surface area contributed by atoms with Gasteiger partial charge in [-0.15, -0.1) is 11.3 Å². The molecule has 3 aromatic rings. The van der Waals surface area contributed by atoms with Gasteiger partial charge in [-0.05, 0) is 50.6 Å². The van der Waals surface area contributed by atoms with Crippen LogP contribution in [0.2, 0.25) is 0 Å². The number of thiophene rings is 1. The second-order valence-corrected chi connectivity index (χ2v) is 10.2. The number of fused-ring (bicyclic) bond motifs is 1. The number of aromatic nitrogens is 4. The Hall–Kier alpha value is -2.94. The maximum atomic E-state index is 13.0. The van der Waals surface area contributed by atoms with Crippen molar-refractivity contribution in [1.29, 1.82) is 0 Å². The SMILES string of the molecule is CC(C)(C)OC(=O)N1CCc2nc(C3(c4cc(-c5cn[nH]c5)cs4)CC3)[nH]c(=O)c2C1. The maximum Gasteiger partial charge on any atom is 0.410 e. The van der Waals surface area contributed by atoms with Gasteiger partial charge >= 0.3 is 6.09 Å². The summed E-state index contributed by atoms with van der Waals surface area (Å²) >= 11 is 1.69. The van der Waals surface area contributed by atoms with Crippen LogP contribution >= 0.6 is 11.3 Å². The van der Waals surface area contributed by atoms with Crippen molar-refractivity contribution in [3.05, 3.63) is 56.2 Å². The van der Waals surface area contributed by atoms with E-state index < -0.39 is 11.7 Å². The van der Waals surface area contributed by atoms with Crippen LogP contribution < -0.4 is 5.56 Å². The summed E-state index contributed by atoms with van der Waals surface area (Å²) in [5, 5.41) is 8.99. The van der Waals surface area contributed by atoms with Crippen molar-refractivity contribution in [3.8, 4) is 11.1 Å². The Morgan fingerprint density at radius 1 is 1.29 bits per heavy atom. The van der Waals surface area contributed by atoms with Crippen LogP contribution in [0.1, 0.15) is 55.6 Å². The van der Waals surface area contributed by atoms with Gasteiger partial charge in [-0.25, -0.2) is 9.78 Å². The molecule has 1 fully saturated rings. The lowest BCUT2D eigenvalue weighted by atomic mass is 10.0. The molecule has 0 aromatic carbocycles. The highest BCUT2D eigenvalue weighted by atomic mass is 32.1. The van der Waals surface area contributed by atoms with E-state index in [-0.39, 0.29) is 17.5 Å². The summed E-state index contributed by atoms with van der Waals surface area (Å²) in [7, 11) is 0. The van der Waals surface area contributed by atoms with Gasteiger partial charge in [-0.1, -0.05) is 0 Å². The van der Waals surface area contributed by atoms with Crippen molar-refractivity contribution >= 4 is 17.4 Å². The zero-order valence-corrected chi connectivity index (χ0v) is 18.6. The fraction of sp³-hybridized carbons (Fsp3) is 0.455. The highest BCUT2D eigenvalue weighted by Gasteiger charge is 2.50. The van der Waals surface area contributed by atoms with E-state index in [1.165, 1.54) is 4.88 Å². The molecule has 31 heavy (non-hydrogen) atoms. The molecule has 4 heterocycles. The minimum Gasteiger partial charge on any atom is -0.444 e. The van der Waals surface area contributed by atoms with Crippen molar-refractivity contribution in [3.63, 3.8) is 0 Å². The van der Waals surface area contributed by atoms with E-state index in [9.17, 15) is 9.59 Å². The third-order valence-electron chi connectivity index (χ3n) is 5.83. The molecule has 2 aliphatic rings. The first-order valence-electron chi connectivity index (χ1n) is 10.4. The minimum absolute atomic E-state index is 0.161. The van der Waals surface area contributed by atoms with E-state index in [1.807, 2.05) is 27.0 Å². The third kappa shape index (κ3) is 3.67. The van der Waals surface area contributed by atoms with Crippen LogP contribution in [-0.4, -0.2) is 43.3 Å². The van der Waals surface area contributed by atoms with Crippen molar-refractivity contribution in [2.24, 2.45) is 0 Å². The molecular formula is C22H25N5O3S. The van der Waals surface area contributed by atoms with Gasteiger partial charge in [0, 0.05) is 29.6 Å². The topological polar surface area (TPSA) is 104 Å². The summed E-state index contributed by atoms with van der Waals surface area (Å²) in [6, 6.07) is 2.17. The van der Waals surface area contributed by atoms with E-state index >= 15 is 0 Å². The molecule has 0 atom stereocenters. The van der Waals surface area contributed by atoms with Crippen molar-refractivity contribution in [2.45, 2.75) is 57.6 Å². The second kappa shape index (κ2) is 7.05. The molecule has 1 aliphatic carbocycles. The summed E-state index contributed by atoms with van der Waals surface area (Å²) in [5.41, 5.74) is 2.56. The van der Waals surface area contributed by atoms with Gasteiger partial charge < -0.3 is 14.6 Å². The zero-order valence-electron chi connectivity index (χ0n) is 17.8. The Balaban J connectivity index is 1.41. The monoisotopic (exact) mass is 439 g/mol. The van der Waals surface area contributed by atoms with Crippen molar-refractivity contribution in [1.82, 2.24) is 25.1 Å². The van der Waals surface area contributed by atoms with Gasteiger partial charge in [-0.2, -0.15) is 5.10 Å². The Morgan fingerprint density at radius 3 is 2.77 bits per heavy atom. The Bertz CT molecular complexity index is 1180. The fourth-order valence-corrected chi connectivity index (χ4v) is 5.19. The van der Waals surface area contributed by atoms with E-state index in [2.05, 4.69) is 26.6 Å². The van der Waals surface area contributed by atoms with Crippen LogP contribution in [0.5, 0.6) is 0 Å². The van der Waals surface area contributed by atoms with E-state index in [0.717, 1.165) is 35.5 Å². The smallest absolute Gasteiger partial charge is 0.410 e. The van der Waals surface area contributed by atoms with Crippen LogP contribution in [0.4, 0.5) is 4.79 Å². The predicted molar refractivity (Wildman–Crippen MR) is 117 cm³/mol. The Labute approximate surface area is 183 Å². The summed E-state index contributed by atoms with van der Waals surface area (Å²) in [6.07, 6.45) is 5.76. The number of aromatic amines is 2. The number of carbonyl (C=O) groups excluding carboxylic acids is 1. The van der Waals surface area contributed by atoms with Crippen molar-refractivity contribution in [2.75, 3.05) is 6.54 Å². The molecule has 2 N–H and O–H groups in total. The van der Waals surface area contributed by atoms with Crippen LogP contribution in [0.15, 0.2) is 28.6 Å². The molecule has 0 bridgehead atoms. The molecule has 1 aliphatic heterocycles. The predicted octanol–water partition coefficient (Wildman–Crippen LogP) is 3.59. The molecule has 9 heteroatoms. The molecule has 162 valence electrons. The minimum atomic E-state index is -0.569. The van der Waals surface area contributed by atoms with Crippen LogP contribution in [-0.2, 0) is 23.1 Å². The van der Waals surface area contributed by atoms with E-state index in [0.29, 0.717) is 18.5 Å². The molecule has 1 amide bonds. The first-order chi connectivity index (χ1) is 14.7. The van der Waals surface area contributed by atoms with Gasteiger partial charge in [-0.3, -0.25) is 9.89 Å². The summed E-state index contributed by atoms with van der Waals surface area (Å²) < 4.78 is 5.46. The van der Waals surface area contributed by atoms with Crippen LogP contribution in [0.25, 0.3) is 11.1 Å². The van der Waals surface area contributed by atoms with Crippen LogP contribution in [0.3, 0.4) is 0 Å². The number of H-pyrrole nitrogens is 2. The van der Waals surface area contributed by atoms with Gasteiger partial charge in [0.15, 0.2) is 0 Å². The second-order valence-electron chi connectivity index (χ2n) is 9.26.